The van der Waals surface area contributed by atoms with E-state index in [-0.39, 0.29) is 34.2 Å². The quantitative estimate of drug-likeness (QED) is 0.221. The van der Waals surface area contributed by atoms with Crippen LogP contribution >= 0.6 is 0 Å². The van der Waals surface area contributed by atoms with Gasteiger partial charge in [-0.25, -0.2) is 12.1 Å². The Hall–Kier alpha value is -3.05. The maximum absolute atomic E-state index is 12.2. The summed E-state index contributed by atoms with van der Waals surface area (Å²) in [4.78, 5) is 12.2. The second kappa shape index (κ2) is 9.44. The Morgan fingerprint density at radius 1 is 0.885 bits per heavy atom. The molecule has 1 N–H and O–H groups in total. The Morgan fingerprint density at radius 3 is 2.31 bits per heavy atom. The molecule has 26 heavy (non-hydrogen) atoms. The molecule has 0 aliphatic heterocycles. The van der Waals surface area contributed by atoms with Crippen LogP contribution in [0, 0.1) is 11.8 Å². The number of hydrogen-bond donors (Lipinski definition) is 1. The first kappa shape index (κ1) is 19.3. The maximum Gasteiger partial charge on any atom is 2.00 e. The SMILES string of the molecule is O=C(C#Cc1ccc[cH-]1)c1c(O)ccc2ccccc12.[Fe+2].c1cc[cH-]c1. The monoisotopic (exact) mass is 380 g/mol. The van der Waals surface area contributed by atoms with Crippen molar-refractivity contribution in [3.8, 4) is 17.6 Å². The summed E-state index contributed by atoms with van der Waals surface area (Å²) in [7, 11) is 0. The van der Waals surface area contributed by atoms with E-state index in [2.05, 4.69) is 11.8 Å². The number of fused-ring (bicyclic) bond motifs is 1. The van der Waals surface area contributed by atoms with Gasteiger partial charge in [-0.2, -0.15) is 42.3 Å². The molecule has 4 rings (SSSR count). The van der Waals surface area contributed by atoms with E-state index in [1.54, 1.807) is 6.07 Å². The van der Waals surface area contributed by atoms with Gasteiger partial charge in [-0.05, 0) is 16.8 Å². The van der Waals surface area contributed by atoms with Gasteiger partial charge in [0.05, 0.1) is 5.56 Å². The third-order valence-corrected chi connectivity index (χ3v) is 3.67. The number of hydrogen-bond acceptors (Lipinski definition) is 2. The van der Waals surface area contributed by atoms with Crippen molar-refractivity contribution in [2.75, 3.05) is 0 Å². The molecule has 0 atom stereocenters. The van der Waals surface area contributed by atoms with Gasteiger partial charge >= 0.3 is 17.1 Å². The number of benzene rings is 2. The van der Waals surface area contributed by atoms with Crippen molar-refractivity contribution in [3.05, 3.63) is 102 Å². The Balaban J connectivity index is 0.000000351. The van der Waals surface area contributed by atoms with E-state index in [1.165, 1.54) is 6.07 Å². The molecule has 0 unspecified atom stereocenters. The summed E-state index contributed by atoms with van der Waals surface area (Å²) in [5.41, 5.74) is 1.06. The van der Waals surface area contributed by atoms with Gasteiger partial charge in [-0.3, -0.25) is 4.79 Å². The van der Waals surface area contributed by atoms with Crippen molar-refractivity contribution in [1.82, 2.24) is 0 Å². The fraction of sp³-hybridized carbons (Fsp3) is 0. The molecule has 0 radical (unpaired) electrons. The average Bonchev–Trinajstić information content (AvgIpc) is 3.35. The van der Waals surface area contributed by atoms with E-state index in [4.69, 9.17) is 0 Å². The van der Waals surface area contributed by atoms with Crippen molar-refractivity contribution in [3.63, 3.8) is 0 Å². The molecule has 3 heteroatoms. The smallest absolute Gasteiger partial charge is 0.507 e. The van der Waals surface area contributed by atoms with E-state index in [0.717, 1.165) is 10.9 Å². The summed E-state index contributed by atoms with van der Waals surface area (Å²) < 4.78 is 0. The topological polar surface area (TPSA) is 37.3 Å². The summed E-state index contributed by atoms with van der Waals surface area (Å²) in [6, 6.07) is 28.2. The Morgan fingerprint density at radius 2 is 1.65 bits per heavy atom. The minimum Gasteiger partial charge on any atom is -0.507 e. The zero-order valence-corrected chi connectivity index (χ0v) is 15.0. The number of carbonyl (C=O) groups excluding carboxylic acids is 1. The van der Waals surface area contributed by atoms with Crippen LogP contribution in [0.4, 0.5) is 0 Å². The fourth-order valence-corrected chi connectivity index (χ4v) is 2.47. The predicted octanol–water partition coefficient (Wildman–Crippen LogP) is 4.90. The number of phenolic OH excluding ortho intramolecular Hbond substituents is 1. The molecule has 2 nitrogen and oxygen atoms in total. The number of rotatable bonds is 1. The van der Waals surface area contributed by atoms with Gasteiger partial charge in [0.25, 0.3) is 0 Å². The Bertz CT molecular complexity index is 1000. The molecule has 0 saturated heterocycles. The minimum absolute atomic E-state index is 0. The summed E-state index contributed by atoms with van der Waals surface area (Å²) in [6.45, 7) is 0. The minimum atomic E-state index is -0.375. The summed E-state index contributed by atoms with van der Waals surface area (Å²) >= 11 is 0. The first-order valence-corrected chi connectivity index (χ1v) is 7.91. The van der Waals surface area contributed by atoms with Crippen molar-refractivity contribution in [2.45, 2.75) is 0 Å². The van der Waals surface area contributed by atoms with Crippen LogP contribution in [-0.4, -0.2) is 10.9 Å². The van der Waals surface area contributed by atoms with Gasteiger partial charge in [-0.1, -0.05) is 36.3 Å². The van der Waals surface area contributed by atoms with E-state index < -0.39 is 0 Å². The molecular weight excluding hydrogens is 364 g/mol. The van der Waals surface area contributed by atoms with Crippen LogP contribution in [0.5, 0.6) is 5.75 Å². The normalized spacial score (nSPS) is 9.23. The average molecular weight is 380 g/mol. The standard InChI is InChI=1S/C18H11O2.C5H5.Fe/c19-16(11-9-13-5-1-2-6-13)18-15-8-4-3-7-14(15)10-12-17(18)20;1-2-4-5-3-1;/h1-8,10,12,20H;1-5H;/q2*-1;+2. The van der Waals surface area contributed by atoms with E-state index in [1.807, 2.05) is 78.9 Å². The Labute approximate surface area is 163 Å². The van der Waals surface area contributed by atoms with E-state index >= 15 is 0 Å². The van der Waals surface area contributed by atoms with Crippen LogP contribution in [0.25, 0.3) is 10.8 Å². The second-order valence-electron chi connectivity index (χ2n) is 5.40. The van der Waals surface area contributed by atoms with E-state index in [0.29, 0.717) is 5.39 Å². The first-order valence-electron chi connectivity index (χ1n) is 7.91. The van der Waals surface area contributed by atoms with Crippen LogP contribution in [0.3, 0.4) is 0 Å². The molecule has 4 aromatic carbocycles. The number of ketones is 1. The van der Waals surface area contributed by atoms with Gasteiger partial charge in [0.1, 0.15) is 5.75 Å². The van der Waals surface area contributed by atoms with Gasteiger partial charge in [0, 0.05) is 0 Å². The fourth-order valence-electron chi connectivity index (χ4n) is 2.47. The largest absolute Gasteiger partial charge is 2.00 e. The summed E-state index contributed by atoms with van der Waals surface area (Å²) in [5, 5.41) is 11.6. The van der Waals surface area contributed by atoms with Gasteiger partial charge < -0.3 is 5.11 Å². The molecular formula is C23H16FeO2. The van der Waals surface area contributed by atoms with Gasteiger partial charge in [0.15, 0.2) is 0 Å². The zero-order chi connectivity index (χ0) is 17.5. The molecule has 0 amide bonds. The first-order chi connectivity index (χ1) is 12.3. The maximum atomic E-state index is 12.2. The number of carbonyl (C=O) groups is 1. The predicted molar refractivity (Wildman–Crippen MR) is 101 cm³/mol. The molecule has 0 aliphatic carbocycles. The Kier molecular flexibility index (Phi) is 7.00. The molecule has 0 spiro atoms. The van der Waals surface area contributed by atoms with Crippen LogP contribution in [0.1, 0.15) is 15.9 Å². The van der Waals surface area contributed by atoms with Crippen molar-refractivity contribution < 1.29 is 27.0 Å². The number of Topliss-reactive ketones (excluding diaryl/α,β-unsaturated/α-hetero) is 1. The molecule has 0 aliphatic rings. The van der Waals surface area contributed by atoms with Crippen molar-refractivity contribution in [1.29, 1.82) is 0 Å². The summed E-state index contributed by atoms with van der Waals surface area (Å²) in [6.07, 6.45) is 0. The number of aromatic hydroxyl groups is 1. The van der Waals surface area contributed by atoms with Crippen LogP contribution < -0.4 is 0 Å². The zero-order valence-electron chi connectivity index (χ0n) is 13.9. The molecule has 0 heterocycles. The second-order valence-corrected chi connectivity index (χ2v) is 5.40. The molecule has 0 aromatic heterocycles. The molecule has 4 aromatic rings. The van der Waals surface area contributed by atoms with Crippen molar-refractivity contribution in [2.24, 2.45) is 0 Å². The molecule has 0 fully saturated rings. The van der Waals surface area contributed by atoms with Gasteiger partial charge in [0.2, 0.25) is 5.78 Å². The molecule has 128 valence electrons. The summed E-state index contributed by atoms with van der Waals surface area (Å²) in [5.74, 6) is 4.98. The van der Waals surface area contributed by atoms with Crippen LogP contribution in [-0.2, 0) is 17.1 Å². The molecule has 0 bridgehead atoms. The third-order valence-electron chi connectivity index (χ3n) is 3.67. The van der Waals surface area contributed by atoms with Crippen LogP contribution in [0.15, 0.2) is 91.0 Å². The van der Waals surface area contributed by atoms with E-state index in [9.17, 15) is 9.90 Å². The van der Waals surface area contributed by atoms with Crippen LogP contribution in [0.2, 0.25) is 0 Å². The van der Waals surface area contributed by atoms with Crippen molar-refractivity contribution >= 4 is 16.6 Å². The third kappa shape index (κ3) is 4.74. The number of phenols is 1. The van der Waals surface area contributed by atoms with Gasteiger partial charge in [-0.15, -0.1) is 11.6 Å². The molecule has 0 saturated carbocycles.